The van der Waals surface area contributed by atoms with E-state index in [2.05, 4.69) is 0 Å². The highest BCUT2D eigenvalue weighted by atomic mass is 19.4. The Kier molecular flexibility index (Phi) is 4.42. The molecule has 0 atom stereocenters. The molecule has 0 N–H and O–H groups in total. The van der Waals surface area contributed by atoms with Crippen molar-refractivity contribution in [3.8, 4) is 0 Å². The molecule has 2 nitrogen and oxygen atoms in total. The molecule has 1 aromatic rings. The SMILES string of the molecule is CC(=O)CC(=O)C=Cc1ccc(C(F)(F)F)cc1. The quantitative estimate of drug-likeness (QED) is 0.612. The van der Waals surface area contributed by atoms with Crippen LogP contribution in [-0.4, -0.2) is 11.6 Å². The van der Waals surface area contributed by atoms with E-state index < -0.39 is 11.7 Å². The Morgan fingerprint density at radius 2 is 1.72 bits per heavy atom. The summed E-state index contributed by atoms with van der Waals surface area (Å²) in [7, 11) is 0. The van der Waals surface area contributed by atoms with Crippen LogP contribution < -0.4 is 0 Å². The zero-order chi connectivity index (χ0) is 13.8. The van der Waals surface area contributed by atoms with Crippen molar-refractivity contribution in [2.24, 2.45) is 0 Å². The third kappa shape index (κ3) is 4.53. The fraction of sp³-hybridized carbons (Fsp3) is 0.231. The molecule has 0 spiro atoms. The van der Waals surface area contributed by atoms with Crippen LogP contribution in [0.3, 0.4) is 0 Å². The van der Waals surface area contributed by atoms with E-state index in [1.807, 2.05) is 0 Å². The Bertz CT molecular complexity index is 470. The second-order valence-electron chi connectivity index (χ2n) is 3.80. The molecule has 5 heteroatoms. The van der Waals surface area contributed by atoms with Gasteiger partial charge in [0.1, 0.15) is 5.78 Å². The van der Waals surface area contributed by atoms with Gasteiger partial charge in [-0.25, -0.2) is 0 Å². The normalized spacial score (nSPS) is 11.8. The van der Waals surface area contributed by atoms with Crippen LogP contribution in [-0.2, 0) is 15.8 Å². The second-order valence-corrected chi connectivity index (χ2v) is 3.80. The maximum atomic E-state index is 12.3. The van der Waals surface area contributed by atoms with Crippen molar-refractivity contribution in [2.75, 3.05) is 0 Å². The van der Waals surface area contributed by atoms with Crippen LogP contribution in [0.1, 0.15) is 24.5 Å². The maximum absolute atomic E-state index is 12.3. The summed E-state index contributed by atoms with van der Waals surface area (Å²) in [6.07, 6.45) is -2.00. The van der Waals surface area contributed by atoms with Crippen LogP contribution in [0.15, 0.2) is 30.3 Å². The predicted molar refractivity (Wildman–Crippen MR) is 60.8 cm³/mol. The van der Waals surface area contributed by atoms with Crippen LogP contribution in [0.4, 0.5) is 13.2 Å². The summed E-state index contributed by atoms with van der Waals surface area (Å²) in [6.45, 7) is 1.30. The summed E-state index contributed by atoms with van der Waals surface area (Å²) < 4.78 is 36.8. The predicted octanol–water partition coefficient (Wildman–Crippen LogP) is 3.27. The molecule has 0 aliphatic rings. The molecule has 0 fully saturated rings. The Labute approximate surface area is 102 Å². The lowest BCUT2D eigenvalue weighted by Gasteiger charge is -2.05. The monoisotopic (exact) mass is 256 g/mol. The standard InChI is InChI=1S/C13H11F3O2/c1-9(17)8-12(18)7-4-10-2-5-11(6-3-10)13(14,15)16/h2-7H,8H2,1H3. The first kappa shape index (κ1) is 14.2. The van der Waals surface area contributed by atoms with Crippen molar-refractivity contribution in [3.05, 3.63) is 41.5 Å². The lowest BCUT2D eigenvalue weighted by molar-refractivity contribution is -0.137. The van der Waals surface area contributed by atoms with Gasteiger partial charge in [-0.1, -0.05) is 18.2 Å². The third-order valence-electron chi connectivity index (χ3n) is 2.12. The first-order valence-corrected chi connectivity index (χ1v) is 5.16. The lowest BCUT2D eigenvalue weighted by atomic mass is 10.1. The molecule has 0 saturated heterocycles. The van der Waals surface area contributed by atoms with E-state index in [4.69, 9.17) is 0 Å². The molecule has 0 radical (unpaired) electrons. The van der Waals surface area contributed by atoms with Gasteiger partial charge in [0, 0.05) is 0 Å². The zero-order valence-corrected chi connectivity index (χ0v) is 9.62. The minimum atomic E-state index is -4.37. The number of Topliss-reactive ketones (excluding diaryl/α,β-unsaturated/α-hetero) is 1. The van der Waals surface area contributed by atoms with Gasteiger partial charge >= 0.3 is 6.18 Å². The number of benzene rings is 1. The number of alkyl halides is 3. The van der Waals surface area contributed by atoms with Gasteiger partial charge < -0.3 is 0 Å². The van der Waals surface area contributed by atoms with E-state index in [0.717, 1.165) is 12.1 Å². The first-order valence-electron chi connectivity index (χ1n) is 5.16. The van der Waals surface area contributed by atoms with Crippen LogP contribution in [0.5, 0.6) is 0 Å². The molecule has 0 saturated carbocycles. The van der Waals surface area contributed by atoms with E-state index in [1.54, 1.807) is 0 Å². The Morgan fingerprint density at radius 3 is 2.17 bits per heavy atom. The minimum Gasteiger partial charge on any atom is -0.300 e. The van der Waals surface area contributed by atoms with Gasteiger partial charge in [0.25, 0.3) is 0 Å². The molecule has 0 unspecified atom stereocenters. The highest BCUT2D eigenvalue weighted by Crippen LogP contribution is 2.29. The van der Waals surface area contributed by atoms with Crippen LogP contribution in [0.2, 0.25) is 0 Å². The Hall–Kier alpha value is -1.91. The van der Waals surface area contributed by atoms with Crippen molar-refractivity contribution < 1.29 is 22.8 Å². The molecule has 0 aliphatic heterocycles. The first-order chi connectivity index (χ1) is 8.29. The second kappa shape index (κ2) is 5.62. The van der Waals surface area contributed by atoms with Crippen LogP contribution in [0.25, 0.3) is 6.08 Å². The van der Waals surface area contributed by atoms with Gasteiger partial charge in [0.2, 0.25) is 0 Å². The molecule has 96 valence electrons. The number of ketones is 2. The smallest absolute Gasteiger partial charge is 0.300 e. The molecule has 0 bridgehead atoms. The number of allylic oxidation sites excluding steroid dienone is 1. The van der Waals surface area contributed by atoms with Crippen molar-refractivity contribution >= 4 is 17.6 Å². The lowest BCUT2D eigenvalue weighted by Crippen LogP contribution is -2.04. The number of carbonyl (C=O) groups is 2. The molecular weight excluding hydrogens is 245 g/mol. The van der Waals surface area contributed by atoms with Crippen molar-refractivity contribution in [1.29, 1.82) is 0 Å². The molecule has 18 heavy (non-hydrogen) atoms. The highest BCUT2D eigenvalue weighted by molar-refractivity contribution is 6.05. The fourth-order valence-corrected chi connectivity index (χ4v) is 1.28. The van der Waals surface area contributed by atoms with Crippen LogP contribution >= 0.6 is 0 Å². The number of hydrogen-bond acceptors (Lipinski definition) is 2. The third-order valence-corrected chi connectivity index (χ3v) is 2.12. The van der Waals surface area contributed by atoms with E-state index >= 15 is 0 Å². The molecule has 0 amide bonds. The zero-order valence-electron chi connectivity index (χ0n) is 9.62. The van der Waals surface area contributed by atoms with Gasteiger partial charge in [0.05, 0.1) is 12.0 Å². The average molecular weight is 256 g/mol. The van der Waals surface area contributed by atoms with Gasteiger partial charge in [-0.05, 0) is 30.7 Å². The summed E-state index contributed by atoms with van der Waals surface area (Å²) in [4.78, 5) is 21.8. The molecule has 0 aliphatic carbocycles. The van der Waals surface area contributed by atoms with Crippen molar-refractivity contribution in [1.82, 2.24) is 0 Å². The summed E-state index contributed by atoms with van der Waals surface area (Å²) >= 11 is 0. The van der Waals surface area contributed by atoms with Gasteiger partial charge in [-0.3, -0.25) is 9.59 Å². The topological polar surface area (TPSA) is 34.1 Å². The molecular formula is C13H11F3O2. The summed E-state index contributed by atoms with van der Waals surface area (Å²) in [5, 5.41) is 0. The Balaban J connectivity index is 2.72. The molecule has 1 aromatic carbocycles. The van der Waals surface area contributed by atoms with Gasteiger partial charge in [-0.15, -0.1) is 0 Å². The number of hydrogen-bond donors (Lipinski definition) is 0. The number of carbonyl (C=O) groups excluding carboxylic acids is 2. The van der Waals surface area contributed by atoms with Gasteiger partial charge in [0.15, 0.2) is 5.78 Å². The van der Waals surface area contributed by atoms with Gasteiger partial charge in [-0.2, -0.15) is 13.2 Å². The van der Waals surface area contributed by atoms with Crippen molar-refractivity contribution in [3.63, 3.8) is 0 Å². The van der Waals surface area contributed by atoms with E-state index in [9.17, 15) is 22.8 Å². The maximum Gasteiger partial charge on any atom is 0.416 e. The fourth-order valence-electron chi connectivity index (χ4n) is 1.28. The van der Waals surface area contributed by atoms with E-state index in [1.165, 1.54) is 31.2 Å². The molecule has 1 rings (SSSR count). The molecule has 0 heterocycles. The highest BCUT2D eigenvalue weighted by Gasteiger charge is 2.29. The van der Waals surface area contributed by atoms with E-state index in [0.29, 0.717) is 5.56 Å². The minimum absolute atomic E-state index is 0.197. The largest absolute Gasteiger partial charge is 0.416 e. The molecule has 0 aromatic heterocycles. The number of halogens is 3. The Morgan fingerprint density at radius 1 is 1.17 bits per heavy atom. The number of rotatable bonds is 4. The van der Waals surface area contributed by atoms with Crippen molar-refractivity contribution in [2.45, 2.75) is 19.5 Å². The summed E-state index contributed by atoms with van der Waals surface area (Å²) in [6, 6.07) is 4.41. The summed E-state index contributed by atoms with van der Waals surface area (Å²) in [5.74, 6) is -0.625. The van der Waals surface area contributed by atoms with E-state index in [-0.39, 0.29) is 18.0 Å². The average Bonchev–Trinajstić information content (AvgIpc) is 2.25. The van der Waals surface area contributed by atoms with Crippen LogP contribution in [0, 0.1) is 0 Å². The summed E-state index contributed by atoms with van der Waals surface area (Å²) in [5.41, 5.74) is -0.269.